The van der Waals surface area contributed by atoms with E-state index >= 15 is 0 Å². The highest BCUT2D eigenvalue weighted by Gasteiger charge is 2.34. The first kappa shape index (κ1) is 19.7. The molecule has 9 heteroatoms. The van der Waals surface area contributed by atoms with Crippen LogP contribution in [0.3, 0.4) is 0 Å². The van der Waals surface area contributed by atoms with E-state index in [1.54, 1.807) is 0 Å². The van der Waals surface area contributed by atoms with Crippen LogP contribution in [0.2, 0.25) is 0 Å². The Balaban J connectivity index is 1.82. The molecule has 0 bridgehead atoms. The third kappa shape index (κ3) is 6.02. The number of sulfonamides is 1. The van der Waals surface area contributed by atoms with E-state index in [1.807, 2.05) is 31.2 Å². The lowest BCUT2D eigenvalue weighted by atomic mass is 10.0. The molecule has 0 unspecified atom stereocenters. The van der Waals surface area contributed by atoms with Gasteiger partial charge < -0.3 is 0 Å². The van der Waals surface area contributed by atoms with Crippen LogP contribution in [0.5, 0.6) is 0 Å². The highest BCUT2D eigenvalue weighted by atomic mass is 32.2. The van der Waals surface area contributed by atoms with Gasteiger partial charge in [0.05, 0.1) is 12.0 Å². The molecule has 1 aliphatic heterocycles. The van der Waals surface area contributed by atoms with Crippen LogP contribution in [-0.4, -0.2) is 49.1 Å². The Kier molecular flexibility index (Phi) is 6.86. The highest BCUT2D eigenvalue weighted by molar-refractivity contribution is 8.00. The van der Waals surface area contributed by atoms with E-state index in [1.165, 1.54) is 16.1 Å². The molecular formula is C16H23N3O4S2. The molecule has 1 aliphatic rings. The van der Waals surface area contributed by atoms with Crippen molar-refractivity contribution in [2.24, 2.45) is 0 Å². The second kappa shape index (κ2) is 8.68. The normalized spacial score (nSPS) is 18.6. The van der Waals surface area contributed by atoms with E-state index in [4.69, 9.17) is 0 Å². The molecular weight excluding hydrogens is 362 g/mol. The summed E-state index contributed by atoms with van der Waals surface area (Å²) in [6.45, 7) is 2.32. The van der Waals surface area contributed by atoms with Gasteiger partial charge in [-0.05, 0) is 31.9 Å². The van der Waals surface area contributed by atoms with Crippen molar-refractivity contribution < 1.29 is 18.0 Å². The number of amides is 2. The quantitative estimate of drug-likeness (QED) is 0.583. The number of hydrogen-bond acceptors (Lipinski definition) is 5. The number of rotatable bonds is 5. The van der Waals surface area contributed by atoms with Gasteiger partial charge in [-0.25, -0.2) is 8.42 Å². The monoisotopic (exact) mass is 385 g/mol. The molecule has 0 radical (unpaired) electrons. The number of carbonyl (C=O) groups is 2. The van der Waals surface area contributed by atoms with Crippen molar-refractivity contribution in [3.8, 4) is 0 Å². The van der Waals surface area contributed by atoms with Crippen LogP contribution < -0.4 is 10.9 Å². The summed E-state index contributed by atoms with van der Waals surface area (Å²) in [5.74, 6) is -0.691. The molecule has 2 amide bonds. The zero-order chi connectivity index (χ0) is 18.4. The van der Waals surface area contributed by atoms with Crippen LogP contribution in [0.4, 0.5) is 0 Å². The fourth-order valence-corrected chi connectivity index (χ4v) is 4.42. The summed E-state index contributed by atoms with van der Waals surface area (Å²) in [4.78, 5) is 25.1. The molecule has 1 atom stereocenters. The summed E-state index contributed by atoms with van der Waals surface area (Å²) in [5, 5.41) is 0. The van der Waals surface area contributed by atoms with Crippen molar-refractivity contribution in [3.63, 3.8) is 0 Å². The summed E-state index contributed by atoms with van der Waals surface area (Å²) in [7, 11) is -3.45. The molecule has 2 N–H and O–H groups in total. The van der Waals surface area contributed by atoms with Gasteiger partial charge in [-0.3, -0.25) is 20.4 Å². The minimum absolute atomic E-state index is 0.157. The Morgan fingerprint density at radius 2 is 1.88 bits per heavy atom. The van der Waals surface area contributed by atoms with E-state index in [0.717, 1.165) is 29.6 Å². The van der Waals surface area contributed by atoms with E-state index < -0.39 is 22.0 Å². The van der Waals surface area contributed by atoms with Crippen molar-refractivity contribution in [1.82, 2.24) is 15.2 Å². The Bertz CT molecular complexity index is 719. The van der Waals surface area contributed by atoms with Crippen molar-refractivity contribution in [1.29, 1.82) is 0 Å². The molecule has 138 valence electrons. The highest BCUT2D eigenvalue weighted by Crippen LogP contribution is 2.20. The fraction of sp³-hybridized carbons (Fsp3) is 0.500. The maximum Gasteiger partial charge on any atom is 0.256 e. The number of nitrogens with zero attached hydrogens (tertiary/aromatic N) is 1. The SMILES string of the molecule is Cc1ccc(SCC(=O)NNC(=O)[C@@H]2CCCCN2S(C)(=O)=O)cc1. The summed E-state index contributed by atoms with van der Waals surface area (Å²) >= 11 is 1.36. The van der Waals surface area contributed by atoms with E-state index in [2.05, 4.69) is 10.9 Å². The third-order valence-corrected chi connectivity index (χ3v) is 6.20. The minimum atomic E-state index is -3.45. The minimum Gasteiger partial charge on any atom is -0.272 e. The first-order valence-corrected chi connectivity index (χ1v) is 10.9. The molecule has 2 rings (SSSR count). The smallest absolute Gasteiger partial charge is 0.256 e. The molecule has 1 saturated heterocycles. The van der Waals surface area contributed by atoms with Crippen molar-refractivity contribution in [2.45, 2.75) is 37.1 Å². The van der Waals surface area contributed by atoms with Crippen LogP contribution in [-0.2, 0) is 19.6 Å². The van der Waals surface area contributed by atoms with Crippen LogP contribution >= 0.6 is 11.8 Å². The number of hydrogen-bond donors (Lipinski definition) is 2. The van der Waals surface area contributed by atoms with Gasteiger partial charge >= 0.3 is 0 Å². The average molecular weight is 386 g/mol. The van der Waals surface area contributed by atoms with Gasteiger partial charge in [0.2, 0.25) is 15.9 Å². The van der Waals surface area contributed by atoms with Gasteiger partial charge in [0.15, 0.2) is 0 Å². The largest absolute Gasteiger partial charge is 0.272 e. The lowest BCUT2D eigenvalue weighted by molar-refractivity contribution is -0.130. The molecule has 0 saturated carbocycles. The van der Waals surface area contributed by atoms with E-state index in [9.17, 15) is 18.0 Å². The van der Waals surface area contributed by atoms with Crippen molar-refractivity contribution >= 4 is 33.6 Å². The number of hydrazine groups is 1. The van der Waals surface area contributed by atoms with E-state index in [0.29, 0.717) is 13.0 Å². The predicted molar refractivity (Wildman–Crippen MR) is 97.4 cm³/mol. The Morgan fingerprint density at radius 1 is 1.20 bits per heavy atom. The molecule has 7 nitrogen and oxygen atoms in total. The lowest BCUT2D eigenvalue weighted by Crippen LogP contribution is -2.55. The van der Waals surface area contributed by atoms with Gasteiger partial charge in [0.25, 0.3) is 5.91 Å². The fourth-order valence-electron chi connectivity index (χ4n) is 2.60. The maximum atomic E-state index is 12.2. The number of nitrogens with one attached hydrogen (secondary N) is 2. The van der Waals surface area contributed by atoms with Gasteiger partial charge in [0.1, 0.15) is 6.04 Å². The number of carbonyl (C=O) groups excluding carboxylic acids is 2. The average Bonchev–Trinajstić information content (AvgIpc) is 2.58. The number of thioether (sulfide) groups is 1. The van der Waals surface area contributed by atoms with Gasteiger partial charge in [-0.2, -0.15) is 4.31 Å². The maximum absolute atomic E-state index is 12.2. The van der Waals surface area contributed by atoms with Crippen LogP contribution in [0.1, 0.15) is 24.8 Å². The zero-order valence-corrected chi connectivity index (χ0v) is 16.0. The molecule has 1 heterocycles. The summed E-state index contributed by atoms with van der Waals surface area (Å²) in [6.07, 6.45) is 3.06. The lowest BCUT2D eigenvalue weighted by Gasteiger charge is -2.32. The second-order valence-electron chi connectivity index (χ2n) is 6.02. The number of piperidine rings is 1. The number of benzene rings is 1. The van der Waals surface area contributed by atoms with Crippen LogP contribution in [0.15, 0.2) is 29.2 Å². The van der Waals surface area contributed by atoms with E-state index in [-0.39, 0.29) is 11.7 Å². The summed E-state index contributed by atoms with van der Waals surface area (Å²) in [6, 6.07) is 7.01. The first-order valence-electron chi connectivity index (χ1n) is 8.02. The third-order valence-electron chi connectivity index (χ3n) is 3.90. The molecule has 0 aromatic heterocycles. The molecule has 1 aromatic carbocycles. The second-order valence-corrected chi connectivity index (χ2v) is 9.01. The number of aryl methyl sites for hydroxylation is 1. The molecule has 25 heavy (non-hydrogen) atoms. The first-order chi connectivity index (χ1) is 11.8. The zero-order valence-electron chi connectivity index (χ0n) is 14.3. The summed E-state index contributed by atoms with van der Waals surface area (Å²) in [5.41, 5.74) is 5.84. The topological polar surface area (TPSA) is 95.6 Å². The van der Waals surface area contributed by atoms with Crippen molar-refractivity contribution in [2.75, 3.05) is 18.6 Å². The van der Waals surface area contributed by atoms with Crippen LogP contribution in [0, 0.1) is 6.92 Å². The Hall–Kier alpha value is -1.58. The van der Waals surface area contributed by atoms with Gasteiger partial charge in [-0.1, -0.05) is 24.1 Å². The molecule has 1 aromatic rings. The predicted octanol–water partition coefficient (Wildman–Crippen LogP) is 1.05. The Morgan fingerprint density at radius 3 is 2.52 bits per heavy atom. The van der Waals surface area contributed by atoms with Crippen molar-refractivity contribution in [3.05, 3.63) is 29.8 Å². The summed E-state index contributed by atoms with van der Waals surface area (Å²) < 4.78 is 24.7. The molecule has 1 fully saturated rings. The van der Waals surface area contributed by atoms with Gasteiger partial charge in [-0.15, -0.1) is 11.8 Å². The van der Waals surface area contributed by atoms with Gasteiger partial charge in [0, 0.05) is 11.4 Å². The standard InChI is InChI=1S/C16H23N3O4S2/c1-12-6-8-13(9-7-12)24-11-15(20)17-18-16(21)14-5-3-4-10-19(14)25(2,22)23/h6-9,14H,3-5,10-11H2,1-2H3,(H,17,20)(H,18,21)/t14-/m0/s1. The molecule has 0 spiro atoms. The molecule has 0 aliphatic carbocycles. The van der Waals surface area contributed by atoms with Crippen LogP contribution in [0.25, 0.3) is 0 Å². The Labute approximate surface area is 152 Å².